The van der Waals surface area contributed by atoms with E-state index in [0.29, 0.717) is 12.7 Å². The average molecular weight is 393 g/mol. The predicted octanol–water partition coefficient (Wildman–Crippen LogP) is 2.30. The maximum atomic E-state index is 13.1. The molecular formula is C16H18F3NO5S. The molecule has 0 N–H and O–H groups in total. The highest BCUT2D eigenvalue weighted by atomic mass is 32.2. The highest BCUT2D eigenvalue weighted by Crippen LogP contribution is 2.33. The van der Waals surface area contributed by atoms with E-state index >= 15 is 0 Å². The summed E-state index contributed by atoms with van der Waals surface area (Å²) in [6.07, 6.45) is -2.97. The molecule has 0 amide bonds. The van der Waals surface area contributed by atoms with E-state index in [1.54, 1.807) is 6.92 Å². The Hall–Kier alpha value is -1.91. The normalized spacial score (nSPS) is 17.7. The molecule has 0 aliphatic carbocycles. The summed E-state index contributed by atoms with van der Waals surface area (Å²) in [6.45, 7) is 2.15. The number of ether oxygens (including phenoxy) is 2. The summed E-state index contributed by atoms with van der Waals surface area (Å²) in [5, 5.41) is 0. The van der Waals surface area contributed by atoms with Crippen LogP contribution in [0, 0.1) is 0 Å². The number of halogens is 3. The molecule has 1 atom stereocenters. The third kappa shape index (κ3) is 5.29. The quantitative estimate of drug-likeness (QED) is 0.404. The van der Waals surface area contributed by atoms with E-state index < -0.39 is 32.6 Å². The Morgan fingerprint density at radius 2 is 2.04 bits per heavy atom. The van der Waals surface area contributed by atoms with Crippen LogP contribution in [0.2, 0.25) is 0 Å². The smallest absolute Gasteiger partial charge is 0.416 e. The van der Waals surface area contributed by atoms with Crippen LogP contribution in [-0.2, 0) is 30.5 Å². The molecule has 1 aromatic carbocycles. The van der Waals surface area contributed by atoms with E-state index in [4.69, 9.17) is 4.74 Å². The molecule has 10 heteroatoms. The monoisotopic (exact) mass is 393 g/mol. The first-order chi connectivity index (χ1) is 12.0. The van der Waals surface area contributed by atoms with Crippen LogP contribution in [-0.4, -0.2) is 51.6 Å². The van der Waals surface area contributed by atoms with Gasteiger partial charge in [0.2, 0.25) is 10.0 Å². The van der Waals surface area contributed by atoms with Crippen molar-refractivity contribution in [2.75, 3.05) is 26.8 Å². The van der Waals surface area contributed by atoms with Gasteiger partial charge in [-0.05, 0) is 36.8 Å². The zero-order chi connectivity index (χ0) is 19.5. The van der Waals surface area contributed by atoms with Crippen molar-refractivity contribution in [3.05, 3.63) is 35.4 Å². The number of alkyl halides is 3. The Labute approximate surface area is 149 Å². The maximum Gasteiger partial charge on any atom is 0.416 e. The number of hydrogen-bond donors (Lipinski definition) is 0. The number of carbonyl (C=O) groups excluding carboxylic acids is 1. The molecule has 1 aliphatic heterocycles. The second kappa shape index (κ2) is 7.77. The predicted molar refractivity (Wildman–Crippen MR) is 86.7 cm³/mol. The number of nitrogens with zero attached hydrogens (tertiary/aromatic N) is 1. The Morgan fingerprint density at radius 1 is 1.38 bits per heavy atom. The molecule has 1 aromatic rings. The summed E-state index contributed by atoms with van der Waals surface area (Å²) in [5.74, 6) is -0.739. The third-order valence-electron chi connectivity index (χ3n) is 3.53. The third-order valence-corrected chi connectivity index (χ3v) is 5.33. The summed E-state index contributed by atoms with van der Waals surface area (Å²) < 4.78 is 75.1. The average Bonchev–Trinajstić information content (AvgIpc) is 3.36. The summed E-state index contributed by atoms with van der Waals surface area (Å²) >= 11 is 0. The standard InChI is InChI=1S/C16H18F3NO5S/c1-3-24-15(21)5-4-11-6-12(16(17,18)19)8-14(7-11)26(22,23)20(2)9-13-10-25-13/h4-8,13H,3,9-10H2,1-2H3/t13-/m0/s1. The molecule has 0 saturated carbocycles. The molecule has 1 heterocycles. The molecule has 1 aliphatic rings. The van der Waals surface area contributed by atoms with Crippen LogP contribution in [0.5, 0.6) is 0 Å². The first kappa shape index (κ1) is 20.4. The van der Waals surface area contributed by atoms with Crippen molar-refractivity contribution in [2.45, 2.75) is 24.1 Å². The van der Waals surface area contributed by atoms with Crippen molar-refractivity contribution in [1.82, 2.24) is 4.31 Å². The summed E-state index contributed by atoms with van der Waals surface area (Å²) in [7, 11) is -2.88. The van der Waals surface area contributed by atoms with Crippen LogP contribution in [0.1, 0.15) is 18.1 Å². The molecule has 26 heavy (non-hydrogen) atoms. The van der Waals surface area contributed by atoms with E-state index in [0.717, 1.165) is 28.6 Å². The number of likely N-dealkylation sites (N-methyl/N-ethyl adjacent to an activating group) is 1. The van der Waals surface area contributed by atoms with Gasteiger partial charge in [-0.2, -0.15) is 17.5 Å². The topological polar surface area (TPSA) is 76.2 Å². The molecule has 0 unspecified atom stereocenters. The second-order valence-electron chi connectivity index (χ2n) is 5.61. The molecule has 1 saturated heterocycles. The van der Waals surface area contributed by atoms with Gasteiger partial charge in [-0.3, -0.25) is 0 Å². The van der Waals surface area contributed by atoms with E-state index in [2.05, 4.69) is 4.74 Å². The Morgan fingerprint density at radius 3 is 2.58 bits per heavy atom. The van der Waals surface area contributed by atoms with Gasteiger partial charge in [-0.1, -0.05) is 0 Å². The van der Waals surface area contributed by atoms with Gasteiger partial charge in [0.25, 0.3) is 0 Å². The summed E-state index contributed by atoms with van der Waals surface area (Å²) in [5.41, 5.74) is -1.21. The first-order valence-corrected chi connectivity index (χ1v) is 9.13. The largest absolute Gasteiger partial charge is 0.463 e. The van der Waals surface area contributed by atoms with E-state index in [1.165, 1.54) is 7.05 Å². The van der Waals surface area contributed by atoms with Gasteiger partial charge in [0, 0.05) is 19.7 Å². The van der Waals surface area contributed by atoms with Crippen LogP contribution >= 0.6 is 0 Å². The van der Waals surface area contributed by atoms with Crippen molar-refractivity contribution in [1.29, 1.82) is 0 Å². The fraction of sp³-hybridized carbons (Fsp3) is 0.438. The minimum absolute atomic E-state index is 0.0482. The fourth-order valence-electron chi connectivity index (χ4n) is 2.12. The van der Waals surface area contributed by atoms with Gasteiger partial charge in [0.1, 0.15) is 0 Å². The number of esters is 1. The van der Waals surface area contributed by atoms with Crippen LogP contribution in [0.4, 0.5) is 13.2 Å². The summed E-state index contributed by atoms with van der Waals surface area (Å²) in [4.78, 5) is 10.8. The number of epoxide rings is 1. The molecule has 0 aromatic heterocycles. The second-order valence-corrected chi connectivity index (χ2v) is 7.66. The highest BCUT2D eigenvalue weighted by Gasteiger charge is 2.34. The first-order valence-electron chi connectivity index (χ1n) is 7.69. The lowest BCUT2D eigenvalue weighted by Gasteiger charge is -2.18. The Balaban J connectivity index is 2.41. The van der Waals surface area contributed by atoms with Crippen molar-refractivity contribution in [3.63, 3.8) is 0 Å². The lowest BCUT2D eigenvalue weighted by molar-refractivity contribution is -0.138. The van der Waals surface area contributed by atoms with Gasteiger partial charge >= 0.3 is 12.1 Å². The lowest BCUT2D eigenvalue weighted by Crippen LogP contribution is -2.30. The van der Waals surface area contributed by atoms with E-state index in [1.807, 2.05) is 0 Å². The minimum Gasteiger partial charge on any atom is -0.463 e. The summed E-state index contributed by atoms with van der Waals surface area (Å²) in [6, 6.07) is 2.41. The van der Waals surface area contributed by atoms with Crippen LogP contribution in [0.15, 0.2) is 29.2 Å². The molecule has 6 nitrogen and oxygen atoms in total. The number of sulfonamides is 1. The van der Waals surface area contributed by atoms with Crippen LogP contribution in [0.25, 0.3) is 6.08 Å². The van der Waals surface area contributed by atoms with Crippen molar-refractivity contribution in [3.8, 4) is 0 Å². The van der Waals surface area contributed by atoms with E-state index in [9.17, 15) is 26.4 Å². The van der Waals surface area contributed by atoms with Gasteiger partial charge in [-0.25, -0.2) is 13.2 Å². The molecule has 0 spiro atoms. The molecule has 0 bridgehead atoms. The highest BCUT2D eigenvalue weighted by molar-refractivity contribution is 7.89. The number of hydrogen-bond acceptors (Lipinski definition) is 5. The fourth-order valence-corrected chi connectivity index (χ4v) is 3.41. The Kier molecular flexibility index (Phi) is 6.09. The number of carbonyl (C=O) groups is 1. The zero-order valence-corrected chi connectivity index (χ0v) is 14.9. The van der Waals surface area contributed by atoms with Crippen LogP contribution in [0.3, 0.4) is 0 Å². The van der Waals surface area contributed by atoms with Crippen molar-refractivity contribution in [2.24, 2.45) is 0 Å². The molecular weight excluding hydrogens is 375 g/mol. The maximum absolute atomic E-state index is 13.1. The lowest BCUT2D eigenvalue weighted by atomic mass is 10.1. The molecule has 1 fully saturated rings. The van der Waals surface area contributed by atoms with Gasteiger partial charge in [0.05, 0.1) is 29.8 Å². The van der Waals surface area contributed by atoms with Crippen molar-refractivity contribution < 1.29 is 35.9 Å². The minimum atomic E-state index is -4.74. The van der Waals surface area contributed by atoms with Gasteiger partial charge in [-0.15, -0.1) is 0 Å². The molecule has 144 valence electrons. The number of rotatable bonds is 7. The van der Waals surface area contributed by atoms with Gasteiger partial charge < -0.3 is 9.47 Å². The van der Waals surface area contributed by atoms with E-state index in [-0.39, 0.29) is 24.8 Å². The van der Waals surface area contributed by atoms with Gasteiger partial charge in [0.15, 0.2) is 0 Å². The molecule has 2 rings (SSSR count). The molecule has 0 radical (unpaired) electrons. The van der Waals surface area contributed by atoms with Crippen LogP contribution < -0.4 is 0 Å². The number of benzene rings is 1. The Bertz CT molecular complexity index is 801. The van der Waals surface area contributed by atoms with Crippen molar-refractivity contribution >= 4 is 22.1 Å². The SMILES string of the molecule is CCOC(=O)C=Cc1cc(C(F)(F)F)cc(S(=O)(=O)N(C)C[C@H]2CO2)c1. The zero-order valence-electron chi connectivity index (χ0n) is 14.1.